The van der Waals surface area contributed by atoms with Gasteiger partial charge in [0.2, 0.25) is 0 Å². The number of rotatable bonds is 6. The van der Waals surface area contributed by atoms with Crippen LogP contribution in [-0.4, -0.2) is 0 Å². The maximum absolute atomic E-state index is 6.54. The van der Waals surface area contributed by atoms with E-state index in [1.807, 2.05) is 0 Å². The third-order valence-electron chi connectivity index (χ3n) is 11.5. The molecule has 10 aromatic rings. The minimum absolute atomic E-state index is 0.496. The van der Waals surface area contributed by atoms with Gasteiger partial charge in [-0.15, -0.1) is 0 Å². The quantitative estimate of drug-likeness (QED) is 0.172. The van der Waals surface area contributed by atoms with Gasteiger partial charge in [-0.3, -0.25) is 0 Å². The van der Waals surface area contributed by atoms with Crippen LogP contribution in [0.25, 0.3) is 55.0 Å². The molecule has 9 aromatic carbocycles. The van der Waals surface area contributed by atoms with Gasteiger partial charge in [0.05, 0.1) is 16.8 Å². The fraction of sp³-hybridized carbons (Fsp3) is 0.0189. The summed E-state index contributed by atoms with van der Waals surface area (Å²) < 4.78 is 6.54. The van der Waals surface area contributed by atoms with Crippen LogP contribution in [-0.2, 0) is 5.41 Å². The Balaban J connectivity index is 1.17. The summed E-state index contributed by atoms with van der Waals surface area (Å²) in [5, 5.41) is 4.56. The first kappa shape index (κ1) is 31.4. The Morgan fingerprint density at radius 3 is 1.80 bits per heavy atom. The summed E-state index contributed by atoms with van der Waals surface area (Å²) >= 11 is 0. The molecule has 0 spiro atoms. The predicted octanol–water partition coefficient (Wildman–Crippen LogP) is 14.2. The van der Waals surface area contributed by atoms with Crippen molar-refractivity contribution in [2.75, 3.05) is 4.90 Å². The number of hydrogen-bond donors (Lipinski definition) is 0. The van der Waals surface area contributed by atoms with Gasteiger partial charge in [0.15, 0.2) is 0 Å². The zero-order valence-electron chi connectivity index (χ0n) is 30.1. The Bertz CT molecular complexity index is 3000. The van der Waals surface area contributed by atoms with Crippen LogP contribution in [0.15, 0.2) is 217 Å². The highest BCUT2D eigenvalue weighted by Gasteiger charge is 2.47. The lowest BCUT2D eigenvalue weighted by atomic mass is 9.68. The third-order valence-corrected chi connectivity index (χ3v) is 11.5. The van der Waals surface area contributed by atoms with Crippen molar-refractivity contribution in [2.24, 2.45) is 0 Å². The molecule has 0 amide bonds. The van der Waals surface area contributed by atoms with Crippen LogP contribution in [0.2, 0.25) is 0 Å². The van der Waals surface area contributed by atoms with Gasteiger partial charge in [0.1, 0.15) is 11.2 Å². The van der Waals surface area contributed by atoms with Gasteiger partial charge >= 0.3 is 0 Å². The van der Waals surface area contributed by atoms with E-state index in [2.05, 4.69) is 217 Å². The number of anilines is 3. The molecular weight excluding hydrogens is 667 g/mol. The van der Waals surface area contributed by atoms with Crippen LogP contribution in [0.5, 0.6) is 0 Å². The van der Waals surface area contributed by atoms with E-state index in [4.69, 9.17) is 4.42 Å². The van der Waals surface area contributed by atoms with Crippen LogP contribution in [0.4, 0.5) is 17.1 Å². The zero-order valence-corrected chi connectivity index (χ0v) is 30.1. The van der Waals surface area contributed by atoms with Crippen molar-refractivity contribution in [3.63, 3.8) is 0 Å². The van der Waals surface area contributed by atoms with Gasteiger partial charge < -0.3 is 9.32 Å². The van der Waals surface area contributed by atoms with Crippen molar-refractivity contribution < 1.29 is 4.42 Å². The van der Waals surface area contributed by atoms with Crippen molar-refractivity contribution in [1.29, 1.82) is 0 Å². The lowest BCUT2D eigenvalue weighted by Gasteiger charge is -2.34. The van der Waals surface area contributed by atoms with Gasteiger partial charge in [-0.25, -0.2) is 0 Å². The number of fused-ring (bicyclic) bond motifs is 8. The molecule has 0 atom stereocenters. The SMILES string of the molecule is c1ccc(N(c2ccccc2-c2ccc3oc4c5ccccc5ccc4c3c2)c2cccc3c2-c2ccccc2C3(c2ccccc2)c2ccccc2)cc1. The summed E-state index contributed by atoms with van der Waals surface area (Å²) in [7, 11) is 0. The van der Waals surface area contributed by atoms with E-state index in [1.54, 1.807) is 0 Å². The van der Waals surface area contributed by atoms with Crippen LogP contribution in [0.1, 0.15) is 22.3 Å². The maximum Gasteiger partial charge on any atom is 0.143 e. The molecule has 2 heteroatoms. The molecule has 0 saturated carbocycles. The van der Waals surface area contributed by atoms with Crippen LogP contribution >= 0.6 is 0 Å². The topological polar surface area (TPSA) is 16.4 Å². The number of hydrogen-bond acceptors (Lipinski definition) is 2. The highest BCUT2D eigenvalue weighted by molar-refractivity contribution is 6.15. The molecule has 0 radical (unpaired) electrons. The molecule has 1 aromatic heterocycles. The number of benzene rings is 9. The van der Waals surface area contributed by atoms with Crippen molar-refractivity contribution in [2.45, 2.75) is 5.41 Å². The van der Waals surface area contributed by atoms with E-state index in [0.29, 0.717) is 0 Å². The van der Waals surface area contributed by atoms with E-state index < -0.39 is 5.41 Å². The molecule has 11 rings (SSSR count). The van der Waals surface area contributed by atoms with E-state index in [-0.39, 0.29) is 0 Å². The molecule has 0 N–H and O–H groups in total. The van der Waals surface area contributed by atoms with Crippen molar-refractivity contribution in [3.8, 4) is 22.3 Å². The molecule has 0 fully saturated rings. The second-order valence-electron chi connectivity index (χ2n) is 14.4. The average molecular weight is 702 g/mol. The minimum Gasteiger partial charge on any atom is -0.455 e. The zero-order chi connectivity index (χ0) is 36.3. The molecule has 0 unspecified atom stereocenters. The first-order chi connectivity index (χ1) is 27.3. The monoisotopic (exact) mass is 701 g/mol. The van der Waals surface area contributed by atoms with E-state index in [9.17, 15) is 0 Å². The summed E-state index contributed by atoms with van der Waals surface area (Å²) in [5.41, 5.74) is 14.5. The van der Waals surface area contributed by atoms with Crippen LogP contribution < -0.4 is 4.90 Å². The smallest absolute Gasteiger partial charge is 0.143 e. The summed E-state index contributed by atoms with van der Waals surface area (Å²) in [4.78, 5) is 2.46. The Morgan fingerprint density at radius 1 is 0.400 bits per heavy atom. The fourth-order valence-electron chi connectivity index (χ4n) is 9.23. The molecular formula is C53H35NO. The van der Waals surface area contributed by atoms with Crippen molar-refractivity contribution in [3.05, 3.63) is 235 Å². The van der Waals surface area contributed by atoms with Gasteiger partial charge in [-0.05, 0) is 81.2 Å². The van der Waals surface area contributed by atoms with Crippen molar-refractivity contribution >= 4 is 49.8 Å². The second kappa shape index (κ2) is 12.5. The number of para-hydroxylation sites is 2. The maximum atomic E-state index is 6.54. The Labute approximate surface area is 320 Å². The largest absolute Gasteiger partial charge is 0.455 e. The van der Waals surface area contributed by atoms with E-state index in [1.165, 1.54) is 38.8 Å². The van der Waals surface area contributed by atoms with Gasteiger partial charge in [-0.1, -0.05) is 170 Å². The Hall–Kier alpha value is -7.16. The first-order valence-corrected chi connectivity index (χ1v) is 18.9. The molecule has 1 heterocycles. The highest BCUT2D eigenvalue weighted by Crippen LogP contribution is 2.59. The molecule has 0 saturated heterocycles. The lowest BCUT2D eigenvalue weighted by Crippen LogP contribution is -2.28. The van der Waals surface area contributed by atoms with E-state index in [0.717, 1.165) is 55.5 Å². The Kier molecular flexibility index (Phi) is 7.11. The van der Waals surface area contributed by atoms with E-state index >= 15 is 0 Å². The Morgan fingerprint density at radius 2 is 1.02 bits per heavy atom. The first-order valence-electron chi connectivity index (χ1n) is 18.9. The summed E-state index contributed by atoms with van der Waals surface area (Å²) in [6, 6.07) is 77.0. The molecule has 55 heavy (non-hydrogen) atoms. The molecule has 1 aliphatic rings. The van der Waals surface area contributed by atoms with Crippen LogP contribution in [0, 0.1) is 0 Å². The van der Waals surface area contributed by atoms with Crippen LogP contribution in [0.3, 0.4) is 0 Å². The second-order valence-corrected chi connectivity index (χ2v) is 14.4. The standard InChI is InChI=1S/C53H35NO/c1-4-18-38(19-5-1)53(39-20-6-2-7-21-39)46-27-14-12-26-44(46)51-47(53)28-16-30-49(51)54(40-22-8-3-9-23-40)48-29-15-13-24-41(48)37-32-34-50-45(35-37)43-33-31-36-17-10-11-25-42(36)52(43)55-50/h1-35H. The molecule has 0 bridgehead atoms. The van der Waals surface area contributed by atoms with Crippen molar-refractivity contribution in [1.82, 2.24) is 0 Å². The van der Waals surface area contributed by atoms with Gasteiger partial charge in [-0.2, -0.15) is 0 Å². The minimum atomic E-state index is -0.496. The summed E-state index contributed by atoms with van der Waals surface area (Å²) in [6.07, 6.45) is 0. The fourth-order valence-corrected chi connectivity index (χ4v) is 9.23. The molecule has 0 aliphatic heterocycles. The third kappa shape index (κ3) is 4.68. The predicted molar refractivity (Wildman–Crippen MR) is 229 cm³/mol. The average Bonchev–Trinajstić information content (AvgIpc) is 3.79. The molecule has 2 nitrogen and oxygen atoms in total. The normalized spacial score (nSPS) is 12.9. The highest BCUT2D eigenvalue weighted by atomic mass is 16.3. The summed E-state index contributed by atoms with van der Waals surface area (Å²) in [5.74, 6) is 0. The van der Waals surface area contributed by atoms with Gasteiger partial charge in [0, 0.05) is 33.0 Å². The number of nitrogens with zero attached hydrogens (tertiary/aromatic N) is 1. The summed E-state index contributed by atoms with van der Waals surface area (Å²) in [6.45, 7) is 0. The molecule has 258 valence electrons. The van der Waals surface area contributed by atoms with Gasteiger partial charge in [0.25, 0.3) is 0 Å². The molecule has 1 aliphatic carbocycles. The number of furan rings is 1. The lowest BCUT2D eigenvalue weighted by molar-refractivity contribution is 0.672.